The number of fused-ring (bicyclic) bond motifs is 1. The van der Waals surface area contributed by atoms with Crippen LogP contribution in [0.2, 0.25) is 0 Å². The zero-order valence-corrected chi connectivity index (χ0v) is 13.1. The van der Waals surface area contributed by atoms with E-state index in [1.165, 1.54) is 10.5 Å². The minimum atomic E-state index is -4.23. The highest BCUT2D eigenvalue weighted by Crippen LogP contribution is 2.41. The van der Waals surface area contributed by atoms with Crippen LogP contribution in [0.5, 0.6) is 0 Å². The van der Waals surface area contributed by atoms with Crippen molar-refractivity contribution in [1.82, 2.24) is 0 Å². The van der Waals surface area contributed by atoms with Crippen molar-refractivity contribution in [3.05, 3.63) is 41.1 Å². The normalized spacial score (nSPS) is 16.1. The number of benzene rings is 1. The van der Waals surface area contributed by atoms with E-state index in [1.54, 1.807) is 6.07 Å². The van der Waals surface area contributed by atoms with Gasteiger partial charge in [0, 0.05) is 11.4 Å². The molecule has 0 unspecified atom stereocenters. The second-order valence-electron chi connectivity index (χ2n) is 6.77. The van der Waals surface area contributed by atoms with Gasteiger partial charge >= 0.3 is 6.18 Å². The van der Waals surface area contributed by atoms with Crippen molar-refractivity contribution in [2.75, 3.05) is 11.4 Å². The van der Waals surface area contributed by atoms with E-state index >= 15 is 0 Å². The van der Waals surface area contributed by atoms with Crippen LogP contribution in [-0.2, 0) is 11.8 Å². The highest BCUT2D eigenvalue weighted by molar-refractivity contribution is 5.65. The van der Waals surface area contributed by atoms with Crippen molar-refractivity contribution >= 4 is 5.69 Å². The number of nitrogens with zero attached hydrogens (tertiary/aromatic N) is 1. The van der Waals surface area contributed by atoms with Crippen LogP contribution < -0.4 is 4.90 Å². The first kappa shape index (κ1) is 15.9. The Morgan fingerprint density at radius 1 is 1.14 bits per heavy atom. The van der Waals surface area contributed by atoms with Gasteiger partial charge in [0.25, 0.3) is 0 Å². The van der Waals surface area contributed by atoms with E-state index in [-0.39, 0.29) is 5.41 Å². The Morgan fingerprint density at radius 3 is 2.29 bits per heavy atom. The van der Waals surface area contributed by atoms with Crippen molar-refractivity contribution in [3.8, 4) is 0 Å². The van der Waals surface area contributed by atoms with Gasteiger partial charge in [-0.2, -0.15) is 13.2 Å². The maximum absolute atomic E-state index is 12.8. The van der Waals surface area contributed by atoms with E-state index in [0.717, 1.165) is 17.5 Å². The molecule has 2 rings (SSSR count). The highest BCUT2D eigenvalue weighted by Gasteiger charge is 2.35. The monoisotopic (exact) mass is 297 g/mol. The number of allylic oxidation sites excluding steroid dienone is 1. The minimum absolute atomic E-state index is 0.0853. The molecule has 1 aromatic rings. The molecule has 0 aromatic heterocycles. The Morgan fingerprint density at radius 2 is 1.76 bits per heavy atom. The third kappa shape index (κ3) is 3.25. The Kier molecular flexibility index (Phi) is 3.85. The van der Waals surface area contributed by atoms with Crippen LogP contribution in [0.1, 0.15) is 43.9 Å². The fraction of sp³-hybridized carbons (Fsp3) is 0.529. The second-order valence-corrected chi connectivity index (χ2v) is 6.77. The second kappa shape index (κ2) is 5.08. The lowest BCUT2D eigenvalue weighted by Gasteiger charge is -2.37. The van der Waals surface area contributed by atoms with Crippen LogP contribution in [0.4, 0.5) is 18.9 Å². The van der Waals surface area contributed by atoms with Crippen LogP contribution in [0.3, 0.4) is 0 Å². The van der Waals surface area contributed by atoms with Gasteiger partial charge in [-0.15, -0.1) is 0 Å². The van der Waals surface area contributed by atoms with Crippen LogP contribution in [0.15, 0.2) is 24.4 Å². The first-order valence-corrected chi connectivity index (χ1v) is 7.16. The number of halogens is 3. The summed E-state index contributed by atoms with van der Waals surface area (Å²) in [5, 5.41) is 0. The number of aryl methyl sites for hydroxylation is 1. The predicted molar refractivity (Wildman–Crippen MR) is 80.7 cm³/mol. The number of rotatable bonds is 1. The fourth-order valence-corrected chi connectivity index (χ4v) is 3.25. The number of alkyl halides is 3. The Bertz CT molecular complexity index is 565. The average Bonchev–Trinajstić information content (AvgIpc) is 2.29. The lowest BCUT2D eigenvalue weighted by Crippen LogP contribution is -2.37. The predicted octanol–water partition coefficient (Wildman–Crippen LogP) is 5.12. The first-order valence-electron chi connectivity index (χ1n) is 7.16. The van der Waals surface area contributed by atoms with Crippen molar-refractivity contribution in [1.29, 1.82) is 0 Å². The van der Waals surface area contributed by atoms with Gasteiger partial charge in [-0.1, -0.05) is 33.4 Å². The molecule has 1 aliphatic rings. The summed E-state index contributed by atoms with van der Waals surface area (Å²) < 4.78 is 38.5. The standard InChI is InChI=1S/C17H22F3N/c1-11-6-9-14-13(15(11)16(3,4)5)8-7-12(2)21(14)10-17(18,19)20/h6,9H,2,7-8,10H2,1,3-5H3. The van der Waals surface area contributed by atoms with Gasteiger partial charge in [0.1, 0.15) is 6.54 Å². The Hall–Kier alpha value is -1.45. The Balaban J connectivity index is 2.57. The zero-order chi connectivity index (χ0) is 16.0. The van der Waals surface area contributed by atoms with Gasteiger partial charge in [-0.05, 0) is 47.9 Å². The van der Waals surface area contributed by atoms with E-state index in [2.05, 4.69) is 27.4 Å². The van der Waals surface area contributed by atoms with Crippen LogP contribution in [0, 0.1) is 6.92 Å². The van der Waals surface area contributed by atoms with E-state index in [4.69, 9.17) is 0 Å². The number of hydrogen-bond acceptors (Lipinski definition) is 1. The van der Waals surface area contributed by atoms with E-state index < -0.39 is 12.7 Å². The van der Waals surface area contributed by atoms with Gasteiger partial charge in [0.2, 0.25) is 0 Å². The smallest absolute Gasteiger partial charge is 0.336 e. The summed E-state index contributed by atoms with van der Waals surface area (Å²) in [5.41, 5.74) is 4.47. The molecular formula is C17H22F3N. The molecule has 0 N–H and O–H groups in total. The summed E-state index contributed by atoms with van der Waals surface area (Å²) in [7, 11) is 0. The SMILES string of the molecule is C=C1CCc2c(ccc(C)c2C(C)(C)C)N1CC(F)(F)F. The summed E-state index contributed by atoms with van der Waals surface area (Å²) in [6, 6.07) is 3.72. The van der Waals surface area contributed by atoms with Crippen molar-refractivity contribution < 1.29 is 13.2 Å². The molecular weight excluding hydrogens is 275 g/mol. The van der Waals surface area contributed by atoms with Gasteiger partial charge in [0.05, 0.1) is 0 Å². The Labute approximate surface area is 124 Å². The maximum Gasteiger partial charge on any atom is 0.406 e. The summed E-state index contributed by atoms with van der Waals surface area (Å²) in [4.78, 5) is 1.33. The topological polar surface area (TPSA) is 3.24 Å². The fourth-order valence-electron chi connectivity index (χ4n) is 3.25. The van der Waals surface area contributed by atoms with E-state index in [1.807, 2.05) is 13.0 Å². The van der Waals surface area contributed by atoms with Crippen molar-refractivity contribution in [3.63, 3.8) is 0 Å². The van der Waals surface area contributed by atoms with Crippen molar-refractivity contribution in [2.24, 2.45) is 0 Å². The lowest BCUT2D eigenvalue weighted by molar-refractivity contribution is -0.119. The zero-order valence-electron chi connectivity index (χ0n) is 13.1. The third-order valence-corrected chi connectivity index (χ3v) is 3.92. The van der Waals surface area contributed by atoms with Crippen molar-refractivity contribution in [2.45, 2.75) is 52.1 Å². The molecule has 0 spiro atoms. The quantitative estimate of drug-likeness (QED) is 0.695. The molecule has 1 aromatic carbocycles. The number of hydrogen-bond donors (Lipinski definition) is 0. The molecule has 21 heavy (non-hydrogen) atoms. The molecule has 1 nitrogen and oxygen atoms in total. The number of anilines is 1. The molecule has 0 bridgehead atoms. The van der Waals surface area contributed by atoms with Crippen LogP contribution in [0.25, 0.3) is 0 Å². The average molecular weight is 297 g/mol. The first-order chi connectivity index (χ1) is 9.50. The molecule has 0 aliphatic carbocycles. The molecule has 116 valence electrons. The van der Waals surface area contributed by atoms with Crippen LogP contribution >= 0.6 is 0 Å². The molecule has 0 radical (unpaired) electrons. The van der Waals surface area contributed by atoms with Gasteiger partial charge in [0.15, 0.2) is 0 Å². The molecule has 1 heterocycles. The summed E-state index contributed by atoms with van der Waals surface area (Å²) in [5.74, 6) is 0. The minimum Gasteiger partial charge on any atom is -0.336 e. The van der Waals surface area contributed by atoms with Gasteiger partial charge in [-0.25, -0.2) is 0 Å². The lowest BCUT2D eigenvalue weighted by atomic mass is 9.78. The van der Waals surface area contributed by atoms with E-state index in [0.29, 0.717) is 17.8 Å². The maximum atomic E-state index is 12.8. The van der Waals surface area contributed by atoms with E-state index in [9.17, 15) is 13.2 Å². The molecule has 0 saturated heterocycles. The summed E-state index contributed by atoms with van der Waals surface area (Å²) in [6.45, 7) is 11.2. The van der Waals surface area contributed by atoms with Gasteiger partial charge < -0.3 is 4.90 Å². The molecule has 1 aliphatic heterocycles. The largest absolute Gasteiger partial charge is 0.406 e. The highest BCUT2D eigenvalue weighted by atomic mass is 19.4. The molecule has 0 saturated carbocycles. The van der Waals surface area contributed by atoms with Crippen LogP contribution in [-0.4, -0.2) is 12.7 Å². The molecule has 0 atom stereocenters. The molecule has 4 heteroatoms. The molecule has 0 fully saturated rings. The third-order valence-electron chi connectivity index (χ3n) is 3.92. The summed E-state index contributed by atoms with van der Waals surface area (Å²) >= 11 is 0. The molecule has 0 amide bonds. The summed E-state index contributed by atoms with van der Waals surface area (Å²) in [6.07, 6.45) is -2.89. The van der Waals surface area contributed by atoms with Gasteiger partial charge in [-0.3, -0.25) is 0 Å².